The number of rotatable bonds is 5. The van der Waals surface area contributed by atoms with Gasteiger partial charge in [0.25, 0.3) is 0 Å². The fraction of sp³-hybridized carbons (Fsp3) is 0.125. The molecule has 0 fully saturated rings. The van der Waals surface area contributed by atoms with Crippen LogP contribution < -0.4 is 4.90 Å². The van der Waals surface area contributed by atoms with Gasteiger partial charge in [0.2, 0.25) is 0 Å². The van der Waals surface area contributed by atoms with Gasteiger partial charge in [0.15, 0.2) is 0 Å². The van der Waals surface area contributed by atoms with Gasteiger partial charge in [0, 0.05) is 27.9 Å². The molecular formula is C48H39N. The van der Waals surface area contributed by atoms with Crippen LogP contribution in [0.3, 0.4) is 0 Å². The maximum absolute atomic E-state index is 2.48. The molecule has 7 aromatic carbocycles. The number of hydrogen-bond acceptors (Lipinski definition) is 1. The highest BCUT2D eigenvalue weighted by Crippen LogP contribution is 2.55. The van der Waals surface area contributed by atoms with Crippen molar-refractivity contribution in [3.05, 3.63) is 186 Å². The van der Waals surface area contributed by atoms with E-state index in [1.165, 1.54) is 66.8 Å². The summed E-state index contributed by atoms with van der Waals surface area (Å²) in [6.45, 7) is 9.49. The fourth-order valence-electron chi connectivity index (χ4n) is 8.62. The van der Waals surface area contributed by atoms with Crippen LogP contribution in [0.5, 0.6) is 0 Å². The molecule has 9 rings (SSSR count). The van der Waals surface area contributed by atoms with Crippen molar-refractivity contribution in [1.82, 2.24) is 0 Å². The fourth-order valence-corrected chi connectivity index (χ4v) is 8.62. The summed E-state index contributed by atoms with van der Waals surface area (Å²) in [6.07, 6.45) is 0. The average Bonchev–Trinajstić information content (AvgIpc) is 3.52. The number of hydrogen-bond donors (Lipinski definition) is 0. The predicted octanol–water partition coefficient (Wildman–Crippen LogP) is 13.1. The first kappa shape index (κ1) is 29.5. The van der Waals surface area contributed by atoms with E-state index in [0.29, 0.717) is 0 Å². The third-order valence-electron chi connectivity index (χ3n) is 11.0. The number of benzene rings is 7. The molecule has 0 aromatic heterocycles. The second-order valence-corrected chi connectivity index (χ2v) is 14.6. The first-order chi connectivity index (χ1) is 23.8. The molecule has 0 N–H and O–H groups in total. The van der Waals surface area contributed by atoms with E-state index in [4.69, 9.17) is 0 Å². The Bertz CT molecular complexity index is 2380. The predicted molar refractivity (Wildman–Crippen MR) is 207 cm³/mol. The van der Waals surface area contributed by atoms with Gasteiger partial charge in [0.1, 0.15) is 0 Å². The molecule has 0 aliphatic heterocycles. The quantitative estimate of drug-likeness (QED) is 0.183. The van der Waals surface area contributed by atoms with Crippen molar-refractivity contribution >= 4 is 17.1 Å². The normalized spacial score (nSPS) is 14.4. The van der Waals surface area contributed by atoms with E-state index in [2.05, 4.69) is 196 Å². The summed E-state index contributed by atoms with van der Waals surface area (Å²) in [5.41, 5.74) is 19.0. The number of nitrogens with zero attached hydrogens (tertiary/aromatic N) is 1. The standard InChI is InChI=1S/C48H39N/c1-47(2)43-24-13-11-22-38(43)40-27-26-36(31-45(40)47)49(35-21-15-20-34(28-35)32-16-7-5-8-17-32)37-29-41(33-18-9-6-10-19-33)46-42(30-37)39-23-12-14-25-44(39)48(46,3)4/h5-31H,1-4H3. The lowest BCUT2D eigenvalue weighted by Gasteiger charge is -2.31. The first-order valence-electron chi connectivity index (χ1n) is 17.4. The van der Waals surface area contributed by atoms with Crippen molar-refractivity contribution in [2.24, 2.45) is 0 Å². The smallest absolute Gasteiger partial charge is 0.0474 e. The maximum Gasteiger partial charge on any atom is 0.0474 e. The Morgan fingerprint density at radius 2 is 0.857 bits per heavy atom. The van der Waals surface area contributed by atoms with E-state index in [0.717, 1.165) is 17.1 Å². The molecule has 2 aliphatic rings. The van der Waals surface area contributed by atoms with Gasteiger partial charge in [-0.15, -0.1) is 0 Å². The van der Waals surface area contributed by atoms with Crippen LogP contribution in [-0.2, 0) is 10.8 Å². The first-order valence-corrected chi connectivity index (χ1v) is 17.4. The van der Waals surface area contributed by atoms with Crippen molar-refractivity contribution in [2.75, 3.05) is 4.90 Å². The minimum absolute atomic E-state index is 0.102. The van der Waals surface area contributed by atoms with Gasteiger partial charge in [0.05, 0.1) is 0 Å². The summed E-state index contributed by atoms with van der Waals surface area (Å²) in [5, 5.41) is 0. The van der Waals surface area contributed by atoms with E-state index in [1.54, 1.807) is 0 Å². The molecule has 2 aliphatic carbocycles. The van der Waals surface area contributed by atoms with Crippen molar-refractivity contribution in [3.8, 4) is 44.5 Å². The molecule has 0 saturated heterocycles. The molecule has 49 heavy (non-hydrogen) atoms. The van der Waals surface area contributed by atoms with E-state index >= 15 is 0 Å². The average molecular weight is 630 g/mol. The highest BCUT2D eigenvalue weighted by atomic mass is 15.1. The van der Waals surface area contributed by atoms with Gasteiger partial charge >= 0.3 is 0 Å². The second-order valence-electron chi connectivity index (χ2n) is 14.6. The van der Waals surface area contributed by atoms with Crippen LogP contribution in [-0.4, -0.2) is 0 Å². The van der Waals surface area contributed by atoms with Crippen LogP contribution in [0.25, 0.3) is 44.5 Å². The zero-order valence-electron chi connectivity index (χ0n) is 28.5. The molecule has 0 radical (unpaired) electrons. The van der Waals surface area contributed by atoms with Crippen LogP contribution in [0, 0.1) is 0 Å². The van der Waals surface area contributed by atoms with Crippen LogP contribution in [0.15, 0.2) is 164 Å². The van der Waals surface area contributed by atoms with Gasteiger partial charge in [-0.1, -0.05) is 155 Å². The van der Waals surface area contributed by atoms with Crippen LogP contribution in [0.4, 0.5) is 17.1 Å². The van der Waals surface area contributed by atoms with E-state index in [-0.39, 0.29) is 10.8 Å². The molecule has 0 heterocycles. The van der Waals surface area contributed by atoms with Gasteiger partial charge in [-0.25, -0.2) is 0 Å². The molecule has 7 aromatic rings. The SMILES string of the molecule is CC1(C)c2ccccc2-c2ccc(N(c3cccc(-c4ccccc4)c3)c3cc(-c4ccccc4)c4c(c3)-c3ccccc3C4(C)C)cc21. The summed E-state index contributed by atoms with van der Waals surface area (Å²) < 4.78 is 0. The maximum atomic E-state index is 2.48. The van der Waals surface area contributed by atoms with Crippen LogP contribution >= 0.6 is 0 Å². The lowest BCUT2D eigenvalue weighted by atomic mass is 9.78. The van der Waals surface area contributed by atoms with Crippen molar-refractivity contribution in [2.45, 2.75) is 38.5 Å². The molecule has 0 saturated carbocycles. The Balaban J connectivity index is 1.32. The Morgan fingerprint density at radius 1 is 0.327 bits per heavy atom. The molecule has 1 heteroatoms. The molecule has 0 unspecified atom stereocenters. The minimum Gasteiger partial charge on any atom is -0.310 e. The Morgan fingerprint density at radius 3 is 1.57 bits per heavy atom. The Kier molecular flexibility index (Phi) is 6.58. The summed E-state index contributed by atoms with van der Waals surface area (Å²) >= 11 is 0. The van der Waals surface area contributed by atoms with Gasteiger partial charge < -0.3 is 4.90 Å². The monoisotopic (exact) mass is 629 g/mol. The lowest BCUT2D eigenvalue weighted by Crippen LogP contribution is -2.18. The van der Waals surface area contributed by atoms with E-state index in [9.17, 15) is 0 Å². The summed E-state index contributed by atoms with van der Waals surface area (Å²) in [5.74, 6) is 0. The second kappa shape index (κ2) is 10.9. The van der Waals surface area contributed by atoms with E-state index in [1.807, 2.05) is 0 Å². The van der Waals surface area contributed by atoms with Crippen molar-refractivity contribution in [1.29, 1.82) is 0 Å². The third kappa shape index (κ3) is 4.53. The topological polar surface area (TPSA) is 3.24 Å². The van der Waals surface area contributed by atoms with Crippen molar-refractivity contribution < 1.29 is 0 Å². The third-order valence-corrected chi connectivity index (χ3v) is 11.0. The Hall–Kier alpha value is -5.66. The molecule has 0 spiro atoms. The zero-order chi connectivity index (χ0) is 33.3. The highest BCUT2D eigenvalue weighted by molar-refractivity contribution is 5.94. The molecular weight excluding hydrogens is 591 g/mol. The van der Waals surface area contributed by atoms with E-state index < -0.39 is 0 Å². The van der Waals surface area contributed by atoms with Crippen LogP contribution in [0.2, 0.25) is 0 Å². The zero-order valence-corrected chi connectivity index (χ0v) is 28.5. The van der Waals surface area contributed by atoms with Crippen LogP contribution in [0.1, 0.15) is 49.9 Å². The Labute approximate surface area is 290 Å². The number of fused-ring (bicyclic) bond motifs is 6. The molecule has 0 amide bonds. The minimum atomic E-state index is -0.128. The molecule has 0 atom stereocenters. The van der Waals surface area contributed by atoms with Gasteiger partial charge in [-0.2, -0.15) is 0 Å². The molecule has 236 valence electrons. The molecule has 0 bridgehead atoms. The molecule has 1 nitrogen and oxygen atoms in total. The summed E-state index contributed by atoms with van der Waals surface area (Å²) in [4.78, 5) is 2.48. The van der Waals surface area contributed by atoms with Gasteiger partial charge in [-0.05, 0) is 103 Å². The van der Waals surface area contributed by atoms with Crippen molar-refractivity contribution in [3.63, 3.8) is 0 Å². The van der Waals surface area contributed by atoms with Gasteiger partial charge in [-0.3, -0.25) is 0 Å². The largest absolute Gasteiger partial charge is 0.310 e. The lowest BCUT2D eigenvalue weighted by molar-refractivity contribution is 0.660. The number of anilines is 3. The highest BCUT2D eigenvalue weighted by Gasteiger charge is 2.39. The summed E-state index contributed by atoms with van der Waals surface area (Å²) in [7, 11) is 0. The summed E-state index contributed by atoms with van der Waals surface area (Å²) in [6, 6.07) is 60.5.